The highest BCUT2D eigenvalue weighted by molar-refractivity contribution is 7.48. The van der Waals surface area contributed by atoms with Crippen molar-refractivity contribution < 1.29 is 42.2 Å². The first-order chi connectivity index (χ1) is 20.6. The molecule has 230 valence electrons. The third-order valence-corrected chi connectivity index (χ3v) is 8.10. The van der Waals surface area contributed by atoms with Gasteiger partial charge in [0.2, 0.25) is 0 Å². The van der Waals surface area contributed by atoms with Crippen molar-refractivity contribution in [3.8, 4) is 11.5 Å². The number of aromatic amines is 1. The van der Waals surface area contributed by atoms with Crippen molar-refractivity contribution in [2.45, 2.75) is 37.9 Å². The Kier molecular flexibility index (Phi) is 10.5. The Labute approximate surface area is 247 Å². The summed E-state index contributed by atoms with van der Waals surface area (Å²) in [5.41, 5.74) is -0.529. The zero-order valence-electron chi connectivity index (χ0n) is 23.8. The van der Waals surface area contributed by atoms with Crippen LogP contribution in [0, 0.1) is 6.92 Å². The Morgan fingerprint density at radius 2 is 1.86 bits per heavy atom. The first-order valence-corrected chi connectivity index (χ1v) is 14.7. The largest absolute Gasteiger partial charge is 0.497 e. The van der Waals surface area contributed by atoms with E-state index in [1.165, 1.54) is 45.5 Å². The Hall–Kier alpha value is -3.84. The van der Waals surface area contributed by atoms with E-state index in [0.717, 1.165) is 4.57 Å². The Morgan fingerprint density at radius 1 is 1.19 bits per heavy atom. The quantitative estimate of drug-likeness (QED) is 0.155. The second kappa shape index (κ2) is 14.1. The summed E-state index contributed by atoms with van der Waals surface area (Å²) in [6.45, 7) is 4.25. The molecule has 14 heteroatoms. The maximum atomic E-state index is 14.2. The lowest BCUT2D eigenvalue weighted by atomic mass is 9.99. The van der Waals surface area contributed by atoms with Gasteiger partial charge in [-0.3, -0.25) is 32.7 Å². The number of rotatable bonds is 14. The predicted octanol–water partition coefficient (Wildman–Crippen LogP) is 3.48. The molecule has 2 heterocycles. The molecule has 1 aliphatic rings. The number of aryl methyl sites for hydroxylation is 1. The number of carbonyl (C=O) groups excluding carboxylic acids is 1. The lowest BCUT2D eigenvalue weighted by Crippen LogP contribution is -2.33. The van der Waals surface area contributed by atoms with E-state index < -0.39 is 56.0 Å². The number of benzene rings is 2. The molecule has 2 unspecified atom stereocenters. The highest BCUT2D eigenvalue weighted by Crippen LogP contribution is 2.56. The zero-order chi connectivity index (χ0) is 31.1. The van der Waals surface area contributed by atoms with Crippen molar-refractivity contribution in [1.29, 1.82) is 0 Å². The van der Waals surface area contributed by atoms with Gasteiger partial charge in [0, 0.05) is 29.8 Å². The maximum Gasteiger partial charge on any atom is 0.476 e. The molecule has 0 spiro atoms. The molecule has 0 aliphatic carbocycles. The fourth-order valence-electron chi connectivity index (χ4n) is 4.47. The molecular formula is C29H33N2O11P. The number of aliphatic hydroxyl groups excluding tert-OH is 1. The first-order valence-electron chi connectivity index (χ1n) is 13.2. The van der Waals surface area contributed by atoms with Crippen molar-refractivity contribution in [2.75, 3.05) is 27.4 Å². The molecule has 0 amide bonds. The summed E-state index contributed by atoms with van der Waals surface area (Å²) in [5, 5.41) is 10.0. The molecule has 3 aromatic rings. The van der Waals surface area contributed by atoms with Gasteiger partial charge < -0.3 is 19.3 Å². The minimum absolute atomic E-state index is 0.0777. The number of ketones is 1. The minimum Gasteiger partial charge on any atom is -0.497 e. The Balaban J connectivity index is 1.71. The number of aliphatic hydroxyl groups is 1. The van der Waals surface area contributed by atoms with E-state index in [2.05, 4.69) is 11.6 Å². The van der Waals surface area contributed by atoms with Crippen LogP contribution in [0.25, 0.3) is 0 Å². The molecule has 0 saturated carbocycles. The van der Waals surface area contributed by atoms with Crippen LogP contribution in [0.3, 0.4) is 0 Å². The van der Waals surface area contributed by atoms with Crippen LogP contribution in [0.1, 0.15) is 40.2 Å². The molecule has 43 heavy (non-hydrogen) atoms. The van der Waals surface area contributed by atoms with Gasteiger partial charge in [-0.2, -0.15) is 0 Å². The fourth-order valence-corrected chi connectivity index (χ4v) is 5.95. The minimum atomic E-state index is -4.64. The highest BCUT2D eigenvalue weighted by atomic mass is 31.2. The molecule has 2 aromatic carbocycles. The number of nitrogens with one attached hydrogen (secondary N) is 1. The number of ether oxygens (including phenoxy) is 3. The van der Waals surface area contributed by atoms with Crippen molar-refractivity contribution in [3.05, 3.63) is 105 Å². The molecule has 0 radical (unpaired) electrons. The van der Waals surface area contributed by atoms with Gasteiger partial charge in [0.1, 0.15) is 29.9 Å². The van der Waals surface area contributed by atoms with E-state index in [1.54, 1.807) is 36.4 Å². The summed E-state index contributed by atoms with van der Waals surface area (Å²) in [6.07, 6.45) is -2.11. The van der Waals surface area contributed by atoms with Gasteiger partial charge in [-0.25, -0.2) is 9.36 Å². The van der Waals surface area contributed by atoms with Crippen LogP contribution in [0.15, 0.2) is 77.0 Å². The molecule has 5 atom stereocenters. The number of nitrogens with zero attached hydrogens (tertiary/aromatic N) is 1. The van der Waals surface area contributed by atoms with E-state index in [9.17, 15) is 24.1 Å². The molecule has 4 rings (SSSR count). The second-order valence-electron chi connectivity index (χ2n) is 9.56. The van der Waals surface area contributed by atoms with Crippen LogP contribution in [0.4, 0.5) is 0 Å². The third kappa shape index (κ3) is 7.57. The van der Waals surface area contributed by atoms with Crippen molar-refractivity contribution in [2.24, 2.45) is 0 Å². The van der Waals surface area contributed by atoms with E-state index in [4.69, 9.17) is 27.8 Å². The summed E-state index contributed by atoms with van der Waals surface area (Å²) >= 11 is 0. The van der Waals surface area contributed by atoms with E-state index >= 15 is 0 Å². The van der Waals surface area contributed by atoms with E-state index in [1.807, 2.05) is 0 Å². The number of phosphoric acid groups is 1. The summed E-state index contributed by atoms with van der Waals surface area (Å²) in [7, 11) is -1.76. The second-order valence-corrected chi connectivity index (χ2v) is 11.1. The number of phosphoric ester groups is 1. The molecule has 0 bridgehead atoms. The number of aromatic nitrogens is 2. The fraction of sp³-hybridized carbons (Fsp3) is 0.345. The third-order valence-electron chi connectivity index (χ3n) is 6.64. The molecule has 1 aliphatic heterocycles. The maximum absolute atomic E-state index is 14.2. The van der Waals surface area contributed by atoms with Gasteiger partial charge in [-0.1, -0.05) is 36.4 Å². The molecule has 1 aromatic heterocycles. The Morgan fingerprint density at radius 3 is 2.47 bits per heavy atom. The van der Waals surface area contributed by atoms with Gasteiger partial charge in [0.15, 0.2) is 11.9 Å². The van der Waals surface area contributed by atoms with Crippen molar-refractivity contribution in [3.63, 3.8) is 0 Å². The van der Waals surface area contributed by atoms with Crippen molar-refractivity contribution in [1.82, 2.24) is 9.55 Å². The number of hydrogen-bond donors (Lipinski definition) is 2. The summed E-state index contributed by atoms with van der Waals surface area (Å²) in [5.74, 6) is 0.137. The summed E-state index contributed by atoms with van der Waals surface area (Å²) in [4.78, 5) is 40.3. The van der Waals surface area contributed by atoms with Crippen LogP contribution in [-0.2, 0) is 22.9 Å². The molecule has 2 N–H and O–H groups in total. The summed E-state index contributed by atoms with van der Waals surface area (Å²) < 4.78 is 49.2. The predicted molar refractivity (Wildman–Crippen MR) is 154 cm³/mol. The molecule has 1 fully saturated rings. The molecular weight excluding hydrogens is 583 g/mol. The van der Waals surface area contributed by atoms with Crippen LogP contribution < -0.4 is 20.7 Å². The van der Waals surface area contributed by atoms with Gasteiger partial charge >= 0.3 is 13.5 Å². The topological polar surface area (TPSA) is 165 Å². The number of Topliss-reactive ketones (excluding diaryl/α,β-unsaturated/α-hetero) is 1. The van der Waals surface area contributed by atoms with Crippen LogP contribution in [-0.4, -0.2) is 60.1 Å². The lowest BCUT2D eigenvalue weighted by molar-refractivity contribution is -0.0485. The van der Waals surface area contributed by atoms with Crippen LogP contribution in [0.2, 0.25) is 0 Å². The number of H-pyrrole nitrogens is 1. The lowest BCUT2D eigenvalue weighted by Gasteiger charge is -2.27. The monoisotopic (exact) mass is 616 g/mol. The number of methoxy groups -OCH3 is 2. The van der Waals surface area contributed by atoms with E-state index in [-0.39, 0.29) is 29.7 Å². The van der Waals surface area contributed by atoms with E-state index in [0.29, 0.717) is 11.5 Å². The SMILES string of the molecule is C=CCOP(=O)(OC(C(=O)c1ccccc1)c1cc(OC)cc(OC)c1)O[C@H]1C[C@H](n2cc(C)c(=O)[nH]c2=O)O[C@@H]1CO. The standard InChI is InChI=1S/C29H33N2O11P/c1-5-11-39-43(36,41-23-15-25(40-24(23)17-32)31-16-18(2)28(34)30-29(31)35)42-27(26(33)19-9-7-6-8-10-19)20-12-21(37-3)14-22(13-20)38-4/h5-10,12-14,16,23-25,27,32H,1,11,15,17H2,2-4H3,(H,30,34,35)/t23-,24+,25+,27?,43?/m0/s1. The highest BCUT2D eigenvalue weighted by Gasteiger charge is 2.45. The van der Waals surface area contributed by atoms with Gasteiger partial charge in [-0.15, -0.1) is 6.58 Å². The molecule has 13 nitrogen and oxygen atoms in total. The zero-order valence-corrected chi connectivity index (χ0v) is 24.7. The van der Waals surface area contributed by atoms with Gasteiger partial charge in [0.25, 0.3) is 5.56 Å². The summed E-state index contributed by atoms with van der Waals surface area (Å²) in [6, 6.07) is 12.9. The van der Waals surface area contributed by atoms with Crippen LogP contribution >= 0.6 is 7.82 Å². The van der Waals surface area contributed by atoms with Crippen LogP contribution in [0.5, 0.6) is 11.5 Å². The van der Waals surface area contributed by atoms with Gasteiger partial charge in [-0.05, 0) is 24.6 Å². The van der Waals surface area contributed by atoms with Crippen molar-refractivity contribution >= 4 is 13.6 Å². The van der Waals surface area contributed by atoms with Gasteiger partial charge in [0.05, 0.1) is 27.4 Å². The Bertz CT molecular complexity index is 1580. The smallest absolute Gasteiger partial charge is 0.476 e. The number of hydrogen-bond acceptors (Lipinski definition) is 11. The average Bonchev–Trinajstić information content (AvgIpc) is 3.42. The normalized spacial score (nSPS) is 20.2. The first kappa shape index (κ1) is 32.1. The average molecular weight is 617 g/mol. The number of carbonyl (C=O) groups is 1. The molecule has 1 saturated heterocycles.